The van der Waals surface area contributed by atoms with Gasteiger partial charge in [-0.2, -0.15) is 0 Å². The van der Waals surface area contributed by atoms with Gasteiger partial charge in [-0.1, -0.05) is 24.3 Å². The summed E-state index contributed by atoms with van der Waals surface area (Å²) >= 11 is 0. The second-order valence-corrected chi connectivity index (χ2v) is 4.89. The van der Waals surface area contributed by atoms with Crippen molar-refractivity contribution in [2.24, 2.45) is 5.41 Å². The molecule has 17 heavy (non-hydrogen) atoms. The predicted octanol–water partition coefficient (Wildman–Crippen LogP) is 2.42. The molecule has 0 atom stereocenters. The molecule has 0 unspecified atom stereocenters. The number of nitrogens with zero attached hydrogens (tertiary/aromatic N) is 1. The van der Waals surface area contributed by atoms with Crippen LogP contribution in [0.2, 0.25) is 0 Å². The standard InChI is InChI=1S/C14H16N2O/c17-10-14(6-7-14)9-16-13-12-4-2-1-3-11(12)5-8-15-13/h1-5,8,17H,6-7,9-10H2,(H,15,16). The molecule has 1 fully saturated rings. The first-order valence-electron chi connectivity index (χ1n) is 6.02. The number of aromatic nitrogens is 1. The lowest BCUT2D eigenvalue weighted by Gasteiger charge is -2.14. The Bertz CT molecular complexity index is 529. The molecule has 1 aromatic carbocycles. The lowest BCUT2D eigenvalue weighted by atomic mass is 10.1. The Kier molecular flexibility index (Phi) is 2.48. The molecule has 0 amide bonds. The lowest BCUT2D eigenvalue weighted by Crippen LogP contribution is -2.19. The van der Waals surface area contributed by atoms with E-state index in [1.165, 1.54) is 5.39 Å². The molecule has 1 saturated carbocycles. The molecule has 1 heterocycles. The van der Waals surface area contributed by atoms with Crippen molar-refractivity contribution in [1.82, 2.24) is 4.98 Å². The zero-order valence-electron chi connectivity index (χ0n) is 9.69. The fraction of sp³-hybridized carbons (Fsp3) is 0.357. The predicted molar refractivity (Wildman–Crippen MR) is 69.0 cm³/mol. The minimum absolute atomic E-state index is 0.110. The summed E-state index contributed by atoms with van der Waals surface area (Å²) in [5.74, 6) is 0.919. The lowest BCUT2D eigenvalue weighted by molar-refractivity contribution is 0.219. The van der Waals surface area contributed by atoms with Gasteiger partial charge in [0.1, 0.15) is 5.82 Å². The van der Waals surface area contributed by atoms with Crippen molar-refractivity contribution < 1.29 is 5.11 Å². The molecule has 0 radical (unpaired) electrons. The van der Waals surface area contributed by atoms with Crippen LogP contribution in [-0.4, -0.2) is 23.2 Å². The summed E-state index contributed by atoms with van der Waals surface area (Å²) in [5.41, 5.74) is 0.110. The molecule has 1 aliphatic rings. The maximum atomic E-state index is 9.29. The first kappa shape index (κ1) is 10.5. The number of aliphatic hydroxyl groups is 1. The van der Waals surface area contributed by atoms with Crippen molar-refractivity contribution in [2.45, 2.75) is 12.8 Å². The number of pyridine rings is 1. The highest BCUT2D eigenvalue weighted by Crippen LogP contribution is 2.45. The molecule has 0 spiro atoms. The van der Waals surface area contributed by atoms with Crippen LogP contribution in [0.4, 0.5) is 5.82 Å². The van der Waals surface area contributed by atoms with Crippen LogP contribution in [0.15, 0.2) is 36.5 Å². The molecule has 3 nitrogen and oxygen atoms in total. The highest BCUT2D eigenvalue weighted by atomic mass is 16.3. The molecule has 2 aromatic rings. The summed E-state index contributed by atoms with van der Waals surface area (Å²) in [6.45, 7) is 1.08. The van der Waals surface area contributed by atoms with E-state index in [-0.39, 0.29) is 12.0 Å². The van der Waals surface area contributed by atoms with E-state index in [4.69, 9.17) is 0 Å². The van der Waals surface area contributed by atoms with E-state index in [2.05, 4.69) is 22.4 Å². The molecule has 0 aliphatic heterocycles. The van der Waals surface area contributed by atoms with Crippen molar-refractivity contribution >= 4 is 16.6 Å². The number of rotatable bonds is 4. The third-order valence-electron chi connectivity index (χ3n) is 3.60. The molecule has 88 valence electrons. The van der Waals surface area contributed by atoms with Gasteiger partial charge in [-0.25, -0.2) is 4.98 Å². The number of hydrogen-bond donors (Lipinski definition) is 2. The highest BCUT2D eigenvalue weighted by Gasteiger charge is 2.41. The second-order valence-electron chi connectivity index (χ2n) is 4.89. The minimum Gasteiger partial charge on any atom is -0.396 e. The number of benzene rings is 1. The Morgan fingerprint density at radius 2 is 2.06 bits per heavy atom. The highest BCUT2D eigenvalue weighted by molar-refractivity contribution is 5.91. The third-order valence-corrected chi connectivity index (χ3v) is 3.60. The summed E-state index contributed by atoms with van der Waals surface area (Å²) in [6.07, 6.45) is 4.05. The number of aliphatic hydroxyl groups excluding tert-OH is 1. The summed E-state index contributed by atoms with van der Waals surface area (Å²) in [4.78, 5) is 4.38. The van der Waals surface area contributed by atoms with Gasteiger partial charge in [0.05, 0.1) is 6.61 Å². The van der Waals surface area contributed by atoms with Gasteiger partial charge in [-0.3, -0.25) is 0 Å². The Labute approximate surface area is 100 Å². The van der Waals surface area contributed by atoms with Crippen LogP contribution in [0.3, 0.4) is 0 Å². The van der Waals surface area contributed by atoms with Gasteiger partial charge >= 0.3 is 0 Å². The van der Waals surface area contributed by atoms with Crippen molar-refractivity contribution in [3.63, 3.8) is 0 Å². The van der Waals surface area contributed by atoms with E-state index in [1.807, 2.05) is 24.4 Å². The summed E-state index contributed by atoms with van der Waals surface area (Å²) in [5, 5.41) is 15.0. The normalized spacial score (nSPS) is 17.0. The monoisotopic (exact) mass is 228 g/mol. The Hall–Kier alpha value is -1.61. The average molecular weight is 228 g/mol. The van der Waals surface area contributed by atoms with Crippen LogP contribution in [0.1, 0.15) is 12.8 Å². The van der Waals surface area contributed by atoms with Gasteiger partial charge < -0.3 is 10.4 Å². The molecular weight excluding hydrogens is 212 g/mol. The van der Waals surface area contributed by atoms with Crippen molar-refractivity contribution in [3.05, 3.63) is 36.5 Å². The number of anilines is 1. The average Bonchev–Trinajstić information content (AvgIpc) is 3.17. The zero-order valence-corrected chi connectivity index (χ0v) is 9.69. The first-order chi connectivity index (χ1) is 8.33. The van der Waals surface area contributed by atoms with Gasteiger partial charge in [-0.05, 0) is 24.3 Å². The van der Waals surface area contributed by atoms with Crippen LogP contribution in [0.5, 0.6) is 0 Å². The van der Waals surface area contributed by atoms with Gasteiger partial charge in [0.2, 0.25) is 0 Å². The largest absolute Gasteiger partial charge is 0.396 e. The van der Waals surface area contributed by atoms with E-state index < -0.39 is 0 Å². The Morgan fingerprint density at radius 1 is 1.24 bits per heavy atom. The van der Waals surface area contributed by atoms with Crippen LogP contribution in [-0.2, 0) is 0 Å². The van der Waals surface area contributed by atoms with Crippen LogP contribution >= 0.6 is 0 Å². The molecule has 3 heteroatoms. The Balaban J connectivity index is 1.85. The van der Waals surface area contributed by atoms with Crippen LogP contribution in [0.25, 0.3) is 10.8 Å². The van der Waals surface area contributed by atoms with Gasteiger partial charge in [-0.15, -0.1) is 0 Å². The zero-order chi connectivity index (χ0) is 11.7. The summed E-state index contributed by atoms with van der Waals surface area (Å²) in [6, 6.07) is 10.2. The fourth-order valence-electron chi connectivity index (χ4n) is 2.10. The minimum atomic E-state index is 0.110. The van der Waals surface area contributed by atoms with E-state index in [1.54, 1.807) is 0 Å². The maximum absolute atomic E-state index is 9.29. The number of hydrogen-bond acceptors (Lipinski definition) is 3. The summed E-state index contributed by atoms with van der Waals surface area (Å²) < 4.78 is 0. The molecule has 2 N–H and O–H groups in total. The molecule has 0 saturated heterocycles. The quantitative estimate of drug-likeness (QED) is 0.844. The molecule has 1 aliphatic carbocycles. The van der Waals surface area contributed by atoms with E-state index in [9.17, 15) is 5.11 Å². The molecule has 3 rings (SSSR count). The van der Waals surface area contributed by atoms with Gasteiger partial charge in [0, 0.05) is 23.5 Å². The van der Waals surface area contributed by atoms with Crippen LogP contribution in [0, 0.1) is 5.41 Å². The smallest absolute Gasteiger partial charge is 0.133 e. The van der Waals surface area contributed by atoms with E-state index in [0.29, 0.717) is 0 Å². The van der Waals surface area contributed by atoms with Crippen LogP contribution < -0.4 is 5.32 Å². The van der Waals surface area contributed by atoms with Gasteiger partial charge in [0.15, 0.2) is 0 Å². The molecular formula is C14H16N2O. The SMILES string of the molecule is OCC1(CNc2nccc3ccccc23)CC1. The first-order valence-corrected chi connectivity index (χ1v) is 6.02. The molecule has 0 bridgehead atoms. The summed E-state index contributed by atoms with van der Waals surface area (Å²) in [7, 11) is 0. The van der Waals surface area contributed by atoms with Gasteiger partial charge in [0.25, 0.3) is 0 Å². The molecule has 1 aromatic heterocycles. The number of nitrogens with one attached hydrogen (secondary N) is 1. The number of fused-ring (bicyclic) bond motifs is 1. The fourth-order valence-corrected chi connectivity index (χ4v) is 2.10. The van der Waals surface area contributed by atoms with Crippen molar-refractivity contribution in [1.29, 1.82) is 0 Å². The van der Waals surface area contributed by atoms with E-state index >= 15 is 0 Å². The Morgan fingerprint density at radius 3 is 2.82 bits per heavy atom. The maximum Gasteiger partial charge on any atom is 0.133 e. The third kappa shape index (κ3) is 1.98. The topological polar surface area (TPSA) is 45.1 Å². The van der Waals surface area contributed by atoms with Crippen molar-refractivity contribution in [3.8, 4) is 0 Å². The second kappa shape index (κ2) is 4.00. The van der Waals surface area contributed by atoms with E-state index in [0.717, 1.165) is 30.6 Å². The van der Waals surface area contributed by atoms with Crippen molar-refractivity contribution in [2.75, 3.05) is 18.5 Å².